The molecule has 1 aromatic rings. The Balaban J connectivity index is 2.31. The molecule has 1 heterocycles. The lowest BCUT2D eigenvalue weighted by Crippen LogP contribution is -2.63. The Hall–Kier alpha value is -3.51. The third kappa shape index (κ3) is 9.33. The summed E-state index contributed by atoms with van der Waals surface area (Å²) in [6.07, 6.45) is -8.21. The summed E-state index contributed by atoms with van der Waals surface area (Å²) in [7, 11) is 0. The molecule has 1 saturated heterocycles. The molecule has 0 N–H and O–H groups in total. The van der Waals surface area contributed by atoms with Crippen LogP contribution in [0.15, 0.2) is 30.3 Å². The van der Waals surface area contributed by atoms with Gasteiger partial charge in [0.15, 0.2) is 24.6 Å². The number of hydrogen-bond donors (Lipinski definition) is 0. The molecule has 2 rings (SSSR count). The van der Waals surface area contributed by atoms with Crippen LogP contribution in [0.1, 0.15) is 38.6 Å². The van der Waals surface area contributed by atoms with Gasteiger partial charge in [-0.15, -0.1) is 0 Å². The molecule has 0 amide bonds. The zero-order valence-electron chi connectivity index (χ0n) is 22.6. The molecule has 0 saturated carbocycles. The molecule has 12 nitrogen and oxygen atoms in total. The molecule has 1 fully saturated rings. The van der Waals surface area contributed by atoms with Crippen LogP contribution < -0.4 is 0 Å². The average Bonchev–Trinajstić information content (AvgIpc) is 2.96. The maximum atomic E-state index is 12.3. The molecule has 1 aromatic carbocycles. The van der Waals surface area contributed by atoms with Crippen LogP contribution in [0.4, 0.5) is 0 Å². The molecular weight excluding hydrogens is 468 g/mol. The maximum Gasteiger partial charge on any atom is 0.332 e. The Kier molecular flexibility index (Phi) is 8.41. The van der Waals surface area contributed by atoms with E-state index in [0.29, 0.717) is 5.56 Å². The largest absolute Gasteiger partial charge is 0.463 e. The van der Waals surface area contributed by atoms with Crippen molar-refractivity contribution in [3.05, 3.63) is 35.9 Å². The smallest absolute Gasteiger partial charge is 0.332 e. The first kappa shape index (κ1) is 22.0. The Bertz CT molecular complexity index is 979. The van der Waals surface area contributed by atoms with Crippen LogP contribution in [0.25, 0.3) is 0 Å². The molecule has 5 atom stereocenters. The van der Waals surface area contributed by atoms with Crippen molar-refractivity contribution in [1.82, 2.24) is 0 Å². The molecule has 0 aromatic heterocycles. The molecule has 0 aliphatic carbocycles. The van der Waals surface area contributed by atoms with E-state index < -0.39 is 101 Å². The van der Waals surface area contributed by atoms with Gasteiger partial charge in [0.2, 0.25) is 0 Å². The van der Waals surface area contributed by atoms with Gasteiger partial charge in [0.25, 0.3) is 0 Å². The van der Waals surface area contributed by atoms with Crippen LogP contribution in [0.5, 0.6) is 0 Å². The van der Waals surface area contributed by atoms with E-state index in [0.717, 1.165) is 0 Å². The van der Waals surface area contributed by atoms with Crippen LogP contribution >= 0.6 is 0 Å². The maximum absolute atomic E-state index is 12.3. The topological polar surface area (TPSA) is 150 Å². The van der Waals surface area contributed by atoms with E-state index in [9.17, 15) is 24.0 Å². The molecule has 0 radical (unpaired) electrons. The van der Waals surface area contributed by atoms with Crippen molar-refractivity contribution in [2.24, 2.45) is 0 Å². The van der Waals surface area contributed by atoms with Crippen molar-refractivity contribution in [3.63, 3.8) is 0 Å². The third-order valence-electron chi connectivity index (χ3n) is 4.41. The molecule has 1 aliphatic rings. The quantitative estimate of drug-likeness (QED) is 0.331. The Morgan fingerprint density at radius 1 is 0.800 bits per heavy atom. The number of ether oxygens (including phenoxy) is 7. The number of carbonyl (C=O) groups is 5. The second kappa shape index (κ2) is 13.4. The summed E-state index contributed by atoms with van der Waals surface area (Å²) in [5.74, 6) is -5.20. The van der Waals surface area contributed by atoms with Crippen LogP contribution in [0, 0.1) is 0 Å². The van der Waals surface area contributed by atoms with Gasteiger partial charge in [-0.1, -0.05) is 30.3 Å². The molecule has 0 bridgehead atoms. The van der Waals surface area contributed by atoms with Crippen LogP contribution in [0.2, 0.25) is 0 Å². The first-order valence-corrected chi connectivity index (χ1v) is 10.1. The fourth-order valence-electron chi connectivity index (χ4n) is 3.11. The number of rotatable bonds is 10. The molecule has 1 aliphatic heterocycles. The van der Waals surface area contributed by atoms with Crippen molar-refractivity contribution in [2.45, 2.75) is 64.9 Å². The van der Waals surface area contributed by atoms with Crippen molar-refractivity contribution in [3.8, 4) is 0 Å². The van der Waals surface area contributed by atoms with Gasteiger partial charge in [0.1, 0.15) is 25.9 Å². The molecule has 192 valence electrons. The normalized spacial score (nSPS) is 25.0. The monoisotopic (exact) mass is 500 g/mol. The highest BCUT2D eigenvalue weighted by atomic mass is 16.7. The van der Waals surface area contributed by atoms with Gasteiger partial charge in [0.05, 0.1) is 0 Å². The van der Waals surface area contributed by atoms with E-state index in [1.54, 1.807) is 30.3 Å². The minimum Gasteiger partial charge on any atom is -0.463 e. The summed E-state index contributed by atoms with van der Waals surface area (Å²) < 4.78 is 65.6. The Morgan fingerprint density at radius 2 is 1.40 bits per heavy atom. The van der Waals surface area contributed by atoms with E-state index in [1.807, 2.05) is 0 Å². The van der Waals surface area contributed by atoms with E-state index in [2.05, 4.69) is 0 Å². The van der Waals surface area contributed by atoms with Crippen molar-refractivity contribution >= 4 is 29.8 Å². The second-order valence-corrected chi connectivity index (χ2v) is 7.05. The zero-order valence-corrected chi connectivity index (χ0v) is 18.6. The van der Waals surface area contributed by atoms with E-state index in [4.69, 9.17) is 38.6 Å². The highest BCUT2D eigenvalue weighted by Crippen LogP contribution is 2.30. The van der Waals surface area contributed by atoms with Gasteiger partial charge in [0, 0.05) is 33.1 Å². The minimum absolute atomic E-state index is 0.0770. The summed E-state index contributed by atoms with van der Waals surface area (Å²) in [5.41, 5.74) is 0.694. The third-order valence-corrected chi connectivity index (χ3v) is 4.41. The zero-order chi connectivity index (χ0) is 28.8. The van der Waals surface area contributed by atoms with E-state index in [1.165, 1.54) is 0 Å². The lowest BCUT2D eigenvalue weighted by Gasteiger charge is -2.43. The molecule has 0 spiro atoms. The molecule has 1 unspecified atom stereocenters. The van der Waals surface area contributed by atoms with Crippen molar-refractivity contribution in [1.29, 1.82) is 0 Å². The first-order valence-electron chi connectivity index (χ1n) is 12.9. The van der Waals surface area contributed by atoms with Gasteiger partial charge in [-0.05, 0) is 5.56 Å². The highest BCUT2D eigenvalue weighted by Gasteiger charge is 2.52. The number of benzene rings is 1. The summed E-state index contributed by atoms with van der Waals surface area (Å²) in [6, 6.07) is 8.72. The lowest BCUT2D eigenvalue weighted by molar-refractivity contribution is -0.307. The summed E-state index contributed by atoms with van der Waals surface area (Å²) in [4.78, 5) is 60.0. The number of hydrogen-bond acceptors (Lipinski definition) is 12. The van der Waals surface area contributed by atoms with E-state index in [-0.39, 0.29) is 6.61 Å². The molecule has 35 heavy (non-hydrogen) atoms. The number of carbonyl (C=O) groups excluding carboxylic acids is 5. The van der Waals surface area contributed by atoms with Crippen molar-refractivity contribution in [2.75, 3.05) is 13.2 Å². The van der Waals surface area contributed by atoms with Gasteiger partial charge in [-0.3, -0.25) is 19.2 Å². The van der Waals surface area contributed by atoms with Gasteiger partial charge < -0.3 is 33.2 Å². The second-order valence-electron chi connectivity index (χ2n) is 7.05. The summed E-state index contributed by atoms with van der Waals surface area (Å²) in [5, 5.41) is 0. The van der Waals surface area contributed by atoms with Gasteiger partial charge >= 0.3 is 29.8 Å². The minimum atomic E-state index is -1.72. The number of esters is 5. The van der Waals surface area contributed by atoms with Crippen LogP contribution in [-0.4, -0.2) is 73.8 Å². The Labute approximate surface area is 207 Å². The van der Waals surface area contributed by atoms with Crippen LogP contribution in [-0.2, 0) is 63.7 Å². The Morgan fingerprint density at radius 3 is 2.03 bits per heavy atom. The summed E-state index contributed by atoms with van der Waals surface area (Å²) >= 11 is 0. The highest BCUT2D eigenvalue weighted by molar-refractivity contribution is 5.71. The van der Waals surface area contributed by atoms with Crippen LogP contribution in [0.3, 0.4) is 0 Å². The molecule has 12 heteroatoms. The van der Waals surface area contributed by atoms with E-state index >= 15 is 0 Å². The predicted molar refractivity (Wildman–Crippen MR) is 114 cm³/mol. The lowest BCUT2D eigenvalue weighted by atomic mass is 9.98. The average molecular weight is 500 g/mol. The first-order chi connectivity index (χ1) is 18.7. The standard InChI is InChI=1S/C23H28O12/c1-13(24)29-11-18-20(32-14(2)25)21(33-15(3)26)22(34-16(4)27)23(35-18)31-12-19(28)30-10-17-8-6-5-7-9-17/h5-9,18,20-23H,10-12H2,1-4H3/t18-,20-,21+,22+,23?/m1/s1/i1D,2D,3D,4D. The fraction of sp³-hybridized carbons (Fsp3) is 0.522. The van der Waals surface area contributed by atoms with Gasteiger partial charge in [-0.25, -0.2) is 4.79 Å². The summed E-state index contributed by atoms with van der Waals surface area (Å²) in [6.45, 7) is -4.85. The SMILES string of the molecule is [2H]CC(=O)OC[C@H]1OC(OCC(=O)OCc2ccccc2)[C@@H](OC(=O)C[2H])[C@@H](OC(=O)C[2H])[C@@H]1OC(=O)C[2H]. The predicted octanol–water partition coefficient (Wildman–Crippen LogP) is 0.829. The van der Waals surface area contributed by atoms with Gasteiger partial charge in [-0.2, -0.15) is 0 Å². The molecular formula is C23H28O12. The fourth-order valence-corrected chi connectivity index (χ4v) is 3.11. The van der Waals surface area contributed by atoms with Crippen molar-refractivity contribution < 1.29 is 62.6 Å².